The number of hydrogen-bond donors (Lipinski definition) is 0. The molecular weight excluding hydrogens is 442 g/mol. The zero-order chi connectivity index (χ0) is 21.9. The van der Waals surface area contributed by atoms with E-state index in [1.54, 1.807) is 28.2 Å². The van der Waals surface area contributed by atoms with Gasteiger partial charge in [-0.3, -0.25) is 4.79 Å². The fraction of sp³-hybridized carbons (Fsp3) is 0.174. The van der Waals surface area contributed by atoms with Crippen molar-refractivity contribution in [2.45, 2.75) is 24.9 Å². The van der Waals surface area contributed by atoms with Gasteiger partial charge < -0.3 is 4.52 Å². The lowest BCUT2D eigenvalue weighted by Crippen LogP contribution is -2.22. The zero-order valence-corrected chi connectivity index (χ0v) is 18.9. The van der Waals surface area contributed by atoms with Crippen molar-refractivity contribution < 1.29 is 4.52 Å². The van der Waals surface area contributed by atoms with Crippen molar-refractivity contribution in [1.29, 1.82) is 0 Å². The molecule has 0 amide bonds. The van der Waals surface area contributed by atoms with Crippen LogP contribution in [0.15, 0.2) is 74.6 Å². The van der Waals surface area contributed by atoms with Gasteiger partial charge in [0.1, 0.15) is 5.82 Å². The summed E-state index contributed by atoms with van der Waals surface area (Å²) in [5.41, 5.74) is 1.60. The Labute approximate surface area is 192 Å². The molecule has 0 saturated heterocycles. The topological polar surface area (TPSA) is 86.7 Å². The molecule has 0 radical (unpaired) electrons. The Kier molecular flexibility index (Phi) is 5.83. The first-order chi connectivity index (χ1) is 15.7. The van der Waals surface area contributed by atoms with Gasteiger partial charge in [-0.15, -0.1) is 11.3 Å². The summed E-state index contributed by atoms with van der Waals surface area (Å²) in [7, 11) is 0. The van der Waals surface area contributed by atoms with E-state index >= 15 is 0 Å². The largest absolute Gasteiger partial charge is 0.339 e. The lowest BCUT2D eigenvalue weighted by atomic mass is 10.2. The van der Waals surface area contributed by atoms with Crippen LogP contribution in [0, 0.1) is 6.92 Å². The molecule has 9 heteroatoms. The predicted molar refractivity (Wildman–Crippen MR) is 127 cm³/mol. The average molecular weight is 462 g/mol. The van der Waals surface area contributed by atoms with Crippen molar-refractivity contribution in [3.8, 4) is 16.5 Å². The van der Waals surface area contributed by atoms with Crippen LogP contribution in [0.4, 0.5) is 0 Å². The van der Waals surface area contributed by atoms with Crippen molar-refractivity contribution >= 4 is 34.0 Å². The Morgan fingerprint density at radius 3 is 2.81 bits per heavy atom. The van der Waals surface area contributed by atoms with E-state index in [9.17, 15) is 4.79 Å². The van der Waals surface area contributed by atoms with Gasteiger partial charge in [-0.05, 0) is 48.6 Å². The van der Waals surface area contributed by atoms with Gasteiger partial charge in [0.25, 0.3) is 5.56 Å². The van der Waals surface area contributed by atoms with Gasteiger partial charge in [-0.1, -0.05) is 41.2 Å². The molecular formula is C23H19N5O2S2. The molecule has 1 aromatic carbocycles. The van der Waals surface area contributed by atoms with Crippen LogP contribution in [-0.2, 0) is 6.42 Å². The first-order valence-corrected chi connectivity index (χ1v) is 12.0. The second-order valence-electron chi connectivity index (χ2n) is 7.19. The summed E-state index contributed by atoms with van der Waals surface area (Å²) in [4.78, 5) is 27.9. The quantitative estimate of drug-likeness (QED) is 0.193. The maximum absolute atomic E-state index is 13.2. The van der Waals surface area contributed by atoms with Crippen LogP contribution in [0.1, 0.15) is 17.9 Å². The number of fused-ring (bicyclic) bond motifs is 1. The fourth-order valence-corrected chi connectivity index (χ4v) is 4.84. The smallest absolute Gasteiger partial charge is 0.267 e. The highest BCUT2D eigenvalue weighted by atomic mass is 32.2. The molecule has 7 nitrogen and oxygen atoms in total. The summed E-state index contributed by atoms with van der Waals surface area (Å²) in [6, 6.07) is 15.1. The molecule has 0 N–H and O–H groups in total. The molecule has 0 atom stereocenters. The molecule has 0 aliphatic rings. The molecule has 5 rings (SSSR count). The fourth-order valence-electron chi connectivity index (χ4n) is 3.25. The third kappa shape index (κ3) is 4.21. The van der Waals surface area contributed by atoms with Gasteiger partial charge in [-0.2, -0.15) is 4.98 Å². The first-order valence-electron chi connectivity index (χ1n) is 10.1. The number of pyridine rings is 1. The molecule has 0 bridgehead atoms. The van der Waals surface area contributed by atoms with E-state index < -0.39 is 0 Å². The van der Waals surface area contributed by atoms with Crippen molar-refractivity contribution in [3.63, 3.8) is 0 Å². The zero-order valence-electron chi connectivity index (χ0n) is 17.3. The van der Waals surface area contributed by atoms with Gasteiger partial charge in [0.05, 0.1) is 15.8 Å². The maximum Gasteiger partial charge on any atom is 0.267 e. The van der Waals surface area contributed by atoms with E-state index in [0.29, 0.717) is 40.0 Å². The summed E-state index contributed by atoms with van der Waals surface area (Å²) in [6.07, 6.45) is 3.22. The number of aryl methyl sites for hydroxylation is 2. The van der Waals surface area contributed by atoms with E-state index in [-0.39, 0.29) is 5.56 Å². The van der Waals surface area contributed by atoms with E-state index in [2.05, 4.69) is 15.1 Å². The second kappa shape index (κ2) is 9.05. The standard InChI is InChI=1S/C23H19N5O2S2/c1-15-10-11-19(24-14-15)28-22(29)16-6-2-3-7-17(16)25-23(28)32-13-5-9-20-26-21(27-30-20)18-8-4-12-31-18/h2-4,6-8,10-12,14H,5,9,13H2,1H3. The lowest BCUT2D eigenvalue weighted by Gasteiger charge is -2.12. The minimum Gasteiger partial charge on any atom is -0.339 e. The number of nitrogens with zero attached hydrogens (tertiary/aromatic N) is 5. The number of para-hydroxylation sites is 1. The number of rotatable bonds is 7. The summed E-state index contributed by atoms with van der Waals surface area (Å²) in [5, 5.41) is 7.24. The SMILES string of the molecule is Cc1ccc(-n2c(SCCCc3nc(-c4cccs4)no3)nc3ccccc3c2=O)nc1. The number of benzene rings is 1. The Balaban J connectivity index is 1.36. The Morgan fingerprint density at radius 1 is 1.09 bits per heavy atom. The molecule has 32 heavy (non-hydrogen) atoms. The molecule has 0 saturated carbocycles. The summed E-state index contributed by atoms with van der Waals surface area (Å²) < 4.78 is 6.97. The van der Waals surface area contributed by atoms with E-state index in [1.165, 1.54) is 11.8 Å². The lowest BCUT2D eigenvalue weighted by molar-refractivity contribution is 0.378. The molecule has 4 heterocycles. The van der Waals surface area contributed by atoms with Crippen LogP contribution in [0.3, 0.4) is 0 Å². The van der Waals surface area contributed by atoms with Gasteiger partial charge in [-0.25, -0.2) is 14.5 Å². The average Bonchev–Trinajstić information content (AvgIpc) is 3.50. The maximum atomic E-state index is 13.2. The Hall–Kier alpha value is -3.30. The van der Waals surface area contributed by atoms with Crippen LogP contribution >= 0.6 is 23.1 Å². The van der Waals surface area contributed by atoms with Gasteiger partial charge >= 0.3 is 0 Å². The van der Waals surface area contributed by atoms with E-state index in [4.69, 9.17) is 9.51 Å². The molecule has 0 aliphatic carbocycles. The molecule has 160 valence electrons. The molecule has 4 aromatic heterocycles. The van der Waals surface area contributed by atoms with Crippen LogP contribution in [0.25, 0.3) is 27.4 Å². The van der Waals surface area contributed by atoms with Crippen LogP contribution in [0.2, 0.25) is 0 Å². The van der Waals surface area contributed by atoms with Crippen molar-refractivity contribution in [3.05, 3.63) is 81.9 Å². The van der Waals surface area contributed by atoms with E-state index in [1.807, 2.05) is 54.8 Å². The van der Waals surface area contributed by atoms with Crippen molar-refractivity contribution in [1.82, 2.24) is 24.7 Å². The Bertz CT molecular complexity index is 1410. The number of aromatic nitrogens is 5. The minimum atomic E-state index is -0.119. The summed E-state index contributed by atoms with van der Waals surface area (Å²) >= 11 is 3.10. The third-order valence-electron chi connectivity index (χ3n) is 4.85. The Morgan fingerprint density at radius 2 is 2.00 bits per heavy atom. The van der Waals surface area contributed by atoms with Crippen LogP contribution in [0.5, 0.6) is 0 Å². The van der Waals surface area contributed by atoms with Crippen molar-refractivity contribution in [2.75, 3.05) is 5.75 Å². The second-order valence-corrected chi connectivity index (χ2v) is 9.20. The monoisotopic (exact) mass is 461 g/mol. The predicted octanol–water partition coefficient (Wildman–Crippen LogP) is 4.93. The molecule has 0 fully saturated rings. The summed E-state index contributed by atoms with van der Waals surface area (Å²) in [5.74, 6) is 2.54. The highest BCUT2D eigenvalue weighted by Crippen LogP contribution is 2.24. The van der Waals surface area contributed by atoms with Crippen LogP contribution < -0.4 is 5.56 Å². The molecule has 0 spiro atoms. The van der Waals surface area contributed by atoms with Gasteiger partial charge in [0.15, 0.2) is 5.16 Å². The van der Waals surface area contributed by atoms with Gasteiger partial charge in [0, 0.05) is 18.4 Å². The highest BCUT2D eigenvalue weighted by molar-refractivity contribution is 7.99. The third-order valence-corrected chi connectivity index (χ3v) is 6.74. The number of thiophene rings is 1. The first kappa shape index (κ1) is 20.6. The minimum absolute atomic E-state index is 0.119. The van der Waals surface area contributed by atoms with Crippen LogP contribution in [-0.4, -0.2) is 30.4 Å². The van der Waals surface area contributed by atoms with E-state index in [0.717, 1.165) is 22.6 Å². The highest BCUT2D eigenvalue weighted by Gasteiger charge is 2.15. The summed E-state index contributed by atoms with van der Waals surface area (Å²) in [6.45, 7) is 1.97. The normalized spacial score (nSPS) is 11.3. The molecule has 0 aliphatic heterocycles. The van der Waals surface area contributed by atoms with Crippen molar-refractivity contribution in [2.24, 2.45) is 0 Å². The van der Waals surface area contributed by atoms with Gasteiger partial charge in [0.2, 0.25) is 11.7 Å². The number of hydrogen-bond acceptors (Lipinski definition) is 8. The molecule has 5 aromatic rings. The molecule has 0 unspecified atom stereocenters. The number of thioether (sulfide) groups is 1.